The highest BCUT2D eigenvalue weighted by Gasteiger charge is 2.60. The molecule has 2 amide bonds. The third-order valence-corrected chi connectivity index (χ3v) is 10.5. The summed E-state index contributed by atoms with van der Waals surface area (Å²) in [6.07, 6.45) is 8.08. The summed E-state index contributed by atoms with van der Waals surface area (Å²) in [5, 5.41) is 3.58. The van der Waals surface area contributed by atoms with Gasteiger partial charge in [0.15, 0.2) is 0 Å². The van der Waals surface area contributed by atoms with Crippen LogP contribution in [0.3, 0.4) is 0 Å². The van der Waals surface area contributed by atoms with Crippen molar-refractivity contribution < 1.29 is 9.59 Å². The molecule has 6 heteroatoms. The molecule has 0 radical (unpaired) electrons. The molecular formula is C27H34Cl2N2O2. The number of allylic oxidation sites excluding steroid dienone is 2. The van der Waals surface area contributed by atoms with Crippen LogP contribution < -0.4 is 5.32 Å². The number of anilines is 1. The fourth-order valence-electron chi connectivity index (χ4n) is 8.27. The Hall–Kier alpha value is -1.52. The second-order valence-electron chi connectivity index (χ2n) is 11.5. The zero-order chi connectivity index (χ0) is 23.7. The number of hydrogen-bond acceptors (Lipinski definition) is 2. The van der Waals surface area contributed by atoms with E-state index in [-0.39, 0.29) is 17.2 Å². The molecule has 1 N–H and O–H groups in total. The van der Waals surface area contributed by atoms with Crippen molar-refractivity contribution in [1.82, 2.24) is 4.90 Å². The van der Waals surface area contributed by atoms with Crippen molar-refractivity contribution in [1.29, 1.82) is 0 Å². The van der Waals surface area contributed by atoms with Crippen LogP contribution in [0.1, 0.15) is 65.7 Å². The summed E-state index contributed by atoms with van der Waals surface area (Å²) in [4.78, 5) is 28.6. The maximum absolute atomic E-state index is 13.4. The van der Waals surface area contributed by atoms with Gasteiger partial charge in [0.2, 0.25) is 11.8 Å². The van der Waals surface area contributed by atoms with Crippen molar-refractivity contribution in [3.63, 3.8) is 0 Å². The van der Waals surface area contributed by atoms with Gasteiger partial charge >= 0.3 is 0 Å². The topological polar surface area (TPSA) is 49.4 Å². The Bertz CT molecular complexity index is 1050. The molecule has 1 unspecified atom stereocenters. The molecule has 33 heavy (non-hydrogen) atoms. The largest absolute Gasteiger partial charge is 0.324 e. The van der Waals surface area contributed by atoms with Crippen molar-refractivity contribution in [2.75, 3.05) is 12.4 Å². The molecule has 4 aliphatic rings. The van der Waals surface area contributed by atoms with Crippen molar-refractivity contribution >= 4 is 40.7 Å². The second kappa shape index (κ2) is 8.02. The van der Waals surface area contributed by atoms with Crippen LogP contribution in [0.4, 0.5) is 5.69 Å². The van der Waals surface area contributed by atoms with Gasteiger partial charge in [-0.1, -0.05) is 55.1 Å². The summed E-state index contributed by atoms with van der Waals surface area (Å²) in [6.45, 7) is 7.02. The Labute approximate surface area is 207 Å². The van der Waals surface area contributed by atoms with Crippen LogP contribution in [0.2, 0.25) is 10.0 Å². The van der Waals surface area contributed by atoms with E-state index in [1.54, 1.807) is 23.1 Å². The zero-order valence-corrected chi connectivity index (χ0v) is 21.5. The second-order valence-corrected chi connectivity index (χ2v) is 12.2. The number of rotatable bonds is 2. The average molecular weight is 489 g/mol. The van der Waals surface area contributed by atoms with Crippen LogP contribution in [-0.4, -0.2) is 23.8 Å². The maximum atomic E-state index is 13.4. The number of carbonyl (C=O) groups excluding carboxylic acids is 2. The first kappa shape index (κ1) is 23.2. The SMILES string of the molecule is CC1=C2N(C)C(=O)C(C(=O)Nc3cccc(Cl)c3Cl)C[C@]2(C)[C@@H]2CC[C@]3(C)CCC[C@H]3[C@@H]2C1. The van der Waals surface area contributed by atoms with Crippen molar-refractivity contribution in [2.24, 2.45) is 34.5 Å². The van der Waals surface area contributed by atoms with E-state index < -0.39 is 5.92 Å². The normalized spacial score (nSPS) is 38.0. The molecule has 5 rings (SSSR count). The molecular weight excluding hydrogens is 455 g/mol. The minimum atomic E-state index is -0.734. The third kappa shape index (κ3) is 3.46. The van der Waals surface area contributed by atoms with Gasteiger partial charge in [0, 0.05) is 18.2 Å². The molecule has 1 aromatic carbocycles. The Morgan fingerprint density at radius 2 is 1.91 bits per heavy atom. The predicted molar refractivity (Wildman–Crippen MR) is 133 cm³/mol. The minimum absolute atomic E-state index is 0.127. The Kier molecular flexibility index (Phi) is 5.64. The van der Waals surface area contributed by atoms with Crippen LogP contribution in [0, 0.1) is 34.5 Å². The number of fused-ring (bicyclic) bond motifs is 5. The van der Waals surface area contributed by atoms with Gasteiger partial charge in [-0.2, -0.15) is 0 Å². The highest BCUT2D eigenvalue weighted by Crippen LogP contribution is 2.65. The van der Waals surface area contributed by atoms with Gasteiger partial charge < -0.3 is 10.2 Å². The Morgan fingerprint density at radius 3 is 2.67 bits per heavy atom. The van der Waals surface area contributed by atoms with E-state index in [2.05, 4.69) is 26.1 Å². The van der Waals surface area contributed by atoms with Crippen molar-refractivity contribution in [3.8, 4) is 0 Å². The lowest BCUT2D eigenvalue weighted by atomic mass is 9.48. The predicted octanol–water partition coefficient (Wildman–Crippen LogP) is 6.93. The van der Waals surface area contributed by atoms with Crippen molar-refractivity contribution in [2.45, 2.75) is 65.7 Å². The first-order chi connectivity index (χ1) is 15.6. The number of piperidine rings is 1. The molecule has 6 atom stereocenters. The number of benzene rings is 1. The highest BCUT2D eigenvalue weighted by atomic mass is 35.5. The monoisotopic (exact) mass is 488 g/mol. The molecule has 178 valence electrons. The van der Waals surface area contributed by atoms with Gasteiger partial charge in [0.25, 0.3) is 0 Å². The molecule has 1 aromatic rings. The maximum Gasteiger partial charge on any atom is 0.239 e. The molecule has 4 nitrogen and oxygen atoms in total. The number of halogens is 2. The van der Waals surface area contributed by atoms with Gasteiger partial charge in [0.05, 0.1) is 15.7 Å². The Balaban J connectivity index is 1.48. The van der Waals surface area contributed by atoms with E-state index in [1.807, 2.05) is 7.05 Å². The molecule has 2 saturated carbocycles. The lowest BCUT2D eigenvalue weighted by Crippen LogP contribution is -2.57. The molecule has 1 saturated heterocycles. The van der Waals surface area contributed by atoms with Gasteiger partial charge in [-0.05, 0) is 80.8 Å². The molecule has 1 aliphatic heterocycles. The zero-order valence-electron chi connectivity index (χ0n) is 20.0. The molecule has 0 aromatic heterocycles. The standard InChI is InChI=1S/C27H34Cl2N2O2/c1-15-13-16-18-7-6-11-26(18,2)12-10-19(16)27(3)14-17(25(33)31(4)23(15)27)24(32)30-21-9-5-8-20(28)22(21)29/h5,8-9,16-19H,6-7,10-14H2,1-4H3,(H,30,32)/t16-,17?,18-,19+,26-,27+/m0/s1. The highest BCUT2D eigenvalue weighted by molar-refractivity contribution is 6.44. The first-order valence-electron chi connectivity index (χ1n) is 12.3. The lowest BCUT2D eigenvalue weighted by molar-refractivity contribution is -0.147. The van der Waals surface area contributed by atoms with Gasteiger partial charge in [0.1, 0.15) is 5.92 Å². The smallest absolute Gasteiger partial charge is 0.239 e. The number of nitrogens with zero attached hydrogens (tertiary/aromatic N) is 1. The van der Waals surface area contributed by atoms with Gasteiger partial charge in [-0.15, -0.1) is 0 Å². The first-order valence-corrected chi connectivity index (χ1v) is 13.0. The summed E-state index contributed by atoms with van der Waals surface area (Å²) >= 11 is 12.4. The lowest BCUT2D eigenvalue weighted by Gasteiger charge is -2.59. The summed E-state index contributed by atoms with van der Waals surface area (Å²) in [5.41, 5.74) is 3.24. The van der Waals surface area contributed by atoms with Gasteiger partial charge in [-0.25, -0.2) is 0 Å². The van der Waals surface area contributed by atoms with E-state index in [1.165, 1.54) is 43.4 Å². The van der Waals surface area contributed by atoms with Crippen LogP contribution in [0.5, 0.6) is 0 Å². The number of likely N-dealkylation sites (tertiary alicyclic amines) is 1. The van der Waals surface area contributed by atoms with E-state index in [0.717, 1.165) is 12.3 Å². The average Bonchev–Trinajstić information content (AvgIpc) is 3.16. The van der Waals surface area contributed by atoms with E-state index in [9.17, 15) is 9.59 Å². The molecule has 0 spiro atoms. The Morgan fingerprint density at radius 1 is 1.15 bits per heavy atom. The minimum Gasteiger partial charge on any atom is -0.324 e. The van der Waals surface area contributed by atoms with Crippen LogP contribution >= 0.6 is 23.2 Å². The summed E-state index contributed by atoms with van der Waals surface area (Å²) in [7, 11) is 1.86. The number of amides is 2. The fraction of sp³-hybridized carbons (Fsp3) is 0.630. The summed E-state index contributed by atoms with van der Waals surface area (Å²) in [6, 6.07) is 5.15. The fourth-order valence-corrected chi connectivity index (χ4v) is 8.62. The summed E-state index contributed by atoms with van der Waals surface area (Å²) in [5.74, 6) is 0.753. The van der Waals surface area contributed by atoms with E-state index in [0.29, 0.717) is 39.4 Å². The molecule has 3 fully saturated rings. The van der Waals surface area contributed by atoms with E-state index >= 15 is 0 Å². The van der Waals surface area contributed by atoms with Crippen LogP contribution in [-0.2, 0) is 9.59 Å². The molecule has 1 heterocycles. The van der Waals surface area contributed by atoms with Gasteiger partial charge in [-0.3, -0.25) is 9.59 Å². The molecule has 0 bridgehead atoms. The third-order valence-electron chi connectivity index (χ3n) is 9.64. The molecule has 3 aliphatic carbocycles. The summed E-state index contributed by atoms with van der Waals surface area (Å²) < 4.78 is 0. The number of carbonyl (C=O) groups is 2. The number of hydrogen-bond donors (Lipinski definition) is 1. The van der Waals surface area contributed by atoms with Crippen molar-refractivity contribution in [3.05, 3.63) is 39.5 Å². The van der Waals surface area contributed by atoms with E-state index in [4.69, 9.17) is 23.2 Å². The van der Waals surface area contributed by atoms with Crippen LogP contribution in [0.15, 0.2) is 29.5 Å². The van der Waals surface area contributed by atoms with Crippen LogP contribution in [0.25, 0.3) is 0 Å². The quantitative estimate of drug-likeness (QED) is 0.458. The number of nitrogens with one attached hydrogen (secondary N) is 1.